The maximum atomic E-state index is 11.0. The Balaban J connectivity index is 2.27. The second kappa shape index (κ2) is 1.87. The summed E-state index contributed by atoms with van der Waals surface area (Å²) in [5.74, 6) is 0.0486. The van der Waals surface area contributed by atoms with E-state index in [2.05, 4.69) is 10.6 Å². The number of fused-ring (bicyclic) bond motifs is 1. The topological polar surface area (TPSA) is 41.1 Å². The molecule has 1 aliphatic carbocycles. The molecule has 52 valence electrons. The molecule has 2 N–H and O–H groups in total. The van der Waals surface area contributed by atoms with Crippen LogP contribution in [0.5, 0.6) is 0 Å². The standard InChI is InChI=1S/C7H8N2O/c10-7-5-2-1-3-6(5)8-4-9-7/h1-3,5,8H,4H2,(H,9,10). The molecule has 0 aromatic rings. The summed E-state index contributed by atoms with van der Waals surface area (Å²) < 4.78 is 0. The molecule has 1 saturated heterocycles. The van der Waals surface area contributed by atoms with Crippen LogP contribution < -0.4 is 10.6 Å². The lowest BCUT2D eigenvalue weighted by atomic mass is 10.1. The molecule has 1 amide bonds. The highest BCUT2D eigenvalue weighted by Gasteiger charge is 2.25. The second-order valence-corrected chi connectivity index (χ2v) is 2.38. The number of rotatable bonds is 0. The van der Waals surface area contributed by atoms with Crippen LogP contribution in [0.25, 0.3) is 0 Å². The van der Waals surface area contributed by atoms with Crippen LogP contribution in [0.2, 0.25) is 0 Å². The molecule has 0 aromatic heterocycles. The molecule has 0 aromatic carbocycles. The molecular formula is C7H8N2O. The van der Waals surface area contributed by atoms with Gasteiger partial charge in [-0.25, -0.2) is 0 Å². The highest BCUT2D eigenvalue weighted by atomic mass is 16.2. The van der Waals surface area contributed by atoms with Crippen LogP contribution in [0.15, 0.2) is 23.9 Å². The Bertz CT molecular complexity index is 230. The molecule has 1 unspecified atom stereocenters. The van der Waals surface area contributed by atoms with E-state index in [4.69, 9.17) is 0 Å². The maximum absolute atomic E-state index is 11.0. The van der Waals surface area contributed by atoms with Gasteiger partial charge in [0.1, 0.15) is 0 Å². The van der Waals surface area contributed by atoms with Crippen molar-refractivity contribution in [1.29, 1.82) is 0 Å². The van der Waals surface area contributed by atoms with Gasteiger partial charge in [0.05, 0.1) is 12.6 Å². The molecule has 3 heteroatoms. The maximum Gasteiger partial charge on any atom is 0.234 e. The number of amides is 1. The van der Waals surface area contributed by atoms with Gasteiger partial charge in [-0.3, -0.25) is 4.79 Å². The van der Waals surface area contributed by atoms with Crippen LogP contribution in [0.1, 0.15) is 0 Å². The van der Waals surface area contributed by atoms with Crippen LogP contribution in [-0.2, 0) is 4.79 Å². The Hall–Kier alpha value is -1.25. The molecule has 0 spiro atoms. The third kappa shape index (κ3) is 0.635. The number of hydrogen-bond donors (Lipinski definition) is 2. The van der Waals surface area contributed by atoms with Gasteiger partial charge in [0, 0.05) is 5.70 Å². The zero-order valence-electron chi connectivity index (χ0n) is 5.42. The van der Waals surface area contributed by atoms with E-state index >= 15 is 0 Å². The predicted molar refractivity (Wildman–Crippen MR) is 36.9 cm³/mol. The summed E-state index contributed by atoms with van der Waals surface area (Å²) in [6.45, 7) is 0.558. The summed E-state index contributed by atoms with van der Waals surface area (Å²) in [5.41, 5.74) is 1.02. The lowest BCUT2D eigenvalue weighted by Crippen LogP contribution is -2.45. The van der Waals surface area contributed by atoms with Crippen LogP contribution in [0, 0.1) is 5.92 Å². The molecule has 0 radical (unpaired) electrons. The van der Waals surface area contributed by atoms with Crippen molar-refractivity contribution in [3.63, 3.8) is 0 Å². The molecule has 3 nitrogen and oxygen atoms in total. The Labute approximate surface area is 58.8 Å². The molecule has 2 rings (SSSR count). The van der Waals surface area contributed by atoms with Gasteiger partial charge < -0.3 is 10.6 Å². The van der Waals surface area contributed by atoms with Crippen LogP contribution in [-0.4, -0.2) is 12.6 Å². The summed E-state index contributed by atoms with van der Waals surface area (Å²) >= 11 is 0. The summed E-state index contributed by atoms with van der Waals surface area (Å²) in [4.78, 5) is 11.0. The number of carbonyl (C=O) groups is 1. The van der Waals surface area contributed by atoms with E-state index in [0.717, 1.165) is 5.70 Å². The Morgan fingerprint density at radius 3 is 3.20 bits per heavy atom. The zero-order chi connectivity index (χ0) is 6.97. The van der Waals surface area contributed by atoms with Gasteiger partial charge in [0.25, 0.3) is 0 Å². The zero-order valence-corrected chi connectivity index (χ0v) is 5.42. The van der Waals surface area contributed by atoms with E-state index < -0.39 is 0 Å². The first-order chi connectivity index (χ1) is 4.88. The van der Waals surface area contributed by atoms with Crippen molar-refractivity contribution in [2.45, 2.75) is 0 Å². The van der Waals surface area contributed by atoms with Crippen molar-refractivity contribution in [2.75, 3.05) is 6.67 Å². The summed E-state index contributed by atoms with van der Waals surface area (Å²) in [6, 6.07) is 0. The van der Waals surface area contributed by atoms with E-state index in [0.29, 0.717) is 6.67 Å². The summed E-state index contributed by atoms with van der Waals surface area (Å²) in [7, 11) is 0. The average molecular weight is 136 g/mol. The van der Waals surface area contributed by atoms with Gasteiger partial charge in [0.2, 0.25) is 5.91 Å². The van der Waals surface area contributed by atoms with Crippen molar-refractivity contribution >= 4 is 5.91 Å². The molecule has 1 fully saturated rings. The molecule has 10 heavy (non-hydrogen) atoms. The van der Waals surface area contributed by atoms with Gasteiger partial charge in [-0.15, -0.1) is 0 Å². The number of hydrogen-bond acceptors (Lipinski definition) is 2. The Morgan fingerprint density at radius 1 is 1.50 bits per heavy atom. The van der Waals surface area contributed by atoms with Crippen LogP contribution in [0.3, 0.4) is 0 Å². The van der Waals surface area contributed by atoms with Gasteiger partial charge in [-0.1, -0.05) is 12.2 Å². The molecule has 1 heterocycles. The minimum absolute atomic E-state index is 0.0475. The van der Waals surface area contributed by atoms with E-state index in [1.165, 1.54) is 0 Å². The Kier molecular flexibility index (Phi) is 1.03. The van der Waals surface area contributed by atoms with Crippen LogP contribution >= 0.6 is 0 Å². The first kappa shape index (κ1) is 5.53. The molecule has 0 saturated carbocycles. The first-order valence-corrected chi connectivity index (χ1v) is 3.28. The normalized spacial score (nSPS) is 28.6. The van der Waals surface area contributed by atoms with Gasteiger partial charge in [-0.05, 0) is 6.08 Å². The van der Waals surface area contributed by atoms with Crippen molar-refractivity contribution in [2.24, 2.45) is 5.92 Å². The lowest BCUT2D eigenvalue weighted by molar-refractivity contribution is -0.123. The monoisotopic (exact) mass is 136 g/mol. The first-order valence-electron chi connectivity index (χ1n) is 3.28. The highest BCUT2D eigenvalue weighted by molar-refractivity contribution is 5.85. The number of carbonyl (C=O) groups excluding carboxylic acids is 1. The fourth-order valence-corrected chi connectivity index (χ4v) is 1.22. The van der Waals surface area contributed by atoms with Crippen molar-refractivity contribution in [3.05, 3.63) is 23.9 Å². The molecule has 0 bridgehead atoms. The lowest BCUT2D eigenvalue weighted by Gasteiger charge is -2.21. The minimum atomic E-state index is -0.0475. The van der Waals surface area contributed by atoms with Crippen molar-refractivity contribution in [1.82, 2.24) is 10.6 Å². The van der Waals surface area contributed by atoms with Gasteiger partial charge in [-0.2, -0.15) is 0 Å². The predicted octanol–water partition coefficient (Wildman–Crippen LogP) is -0.267. The van der Waals surface area contributed by atoms with Gasteiger partial charge >= 0.3 is 0 Å². The van der Waals surface area contributed by atoms with Crippen LogP contribution in [0.4, 0.5) is 0 Å². The Morgan fingerprint density at radius 2 is 2.40 bits per heavy atom. The average Bonchev–Trinajstić information content (AvgIpc) is 2.36. The number of allylic oxidation sites excluding steroid dienone is 2. The molecule has 2 aliphatic rings. The third-order valence-corrected chi connectivity index (χ3v) is 1.75. The largest absolute Gasteiger partial charge is 0.370 e. The van der Waals surface area contributed by atoms with Crippen molar-refractivity contribution in [3.8, 4) is 0 Å². The smallest absolute Gasteiger partial charge is 0.234 e. The van der Waals surface area contributed by atoms with E-state index in [1.54, 1.807) is 0 Å². The second-order valence-electron chi connectivity index (χ2n) is 2.38. The van der Waals surface area contributed by atoms with E-state index in [-0.39, 0.29) is 11.8 Å². The summed E-state index contributed by atoms with van der Waals surface area (Å²) in [5, 5.41) is 5.79. The SMILES string of the molecule is O=C1NCNC2=CC=CC12. The highest BCUT2D eigenvalue weighted by Crippen LogP contribution is 2.18. The van der Waals surface area contributed by atoms with E-state index in [9.17, 15) is 4.79 Å². The molecule has 1 atom stereocenters. The molecule has 1 aliphatic heterocycles. The fraction of sp³-hybridized carbons (Fsp3) is 0.286. The minimum Gasteiger partial charge on any atom is -0.370 e. The van der Waals surface area contributed by atoms with E-state index in [1.807, 2.05) is 18.2 Å². The quantitative estimate of drug-likeness (QED) is 0.481. The number of nitrogens with one attached hydrogen (secondary N) is 2. The summed E-state index contributed by atoms with van der Waals surface area (Å²) in [6.07, 6.45) is 5.72. The van der Waals surface area contributed by atoms with Crippen molar-refractivity contribution < 1.29 is 4.79 Å². The third-order valence-electron chi connectivity index (χ3n) is 1.75. The fourth-order valence-electron chi connectivity index (χ4n) is 1.22. The van der Waals surface area contributed by atoms with Gasteiger partial charge in [0.15, 0.2) is 0 Å². The molecular weight excluding hydrogens is 128 g/mol.